The molecule has 1 amide bonds. The fourth-order valence-electron chi connectivity index (χ4n) is 3.45. The van der Waals surface area contributed by atoms with E-state index in [1.54, 1.807) is 12.1 Å². The summed E-state index contributed by atoms with van der Waals surface area (Å²) in [5.41, 5.74) is 7.87. The maximum absolute atomic E-state index is 14.0. The first-order chi connectivity index (χ1) is 14.3. The number of aryl methyl sites for hydroxylation is 4. The van der Waals surface area contributed by atoms with Crippen molar-refractivity contribution in [2.75, 3.05) is 5.32 Å². The predicted octanol–water partition coefficient (Wildman–Crippen LogP) is 6.53. The molecule has 4 rings (SSSR count). The van der Waals surface area contributed by atoms with Crippen LogP contribution < -0.4 is 5.32 Å². The lowest BCUT2D eigenvalue weighted by molar-refractivity contribution is 0.102. The van der Waals surface area contributed by atoms with Gasteiger partial charge in [-0.1, -0.05) is 18.2 Å². The van der Waals surface area contributed by atoms with Crippen LogP contribution in [0.25, 0.3) is 22.2 Å². The lowest BCUT2D eigenvalue weighted by Gasteiger charge is -2.12. The molecule has 4 aromatic rings. The standard InChI is InChI=1S/C26H23FN2O/c1-15-5-7-19(11-17(15)3)25-14-23(22-13-20(27)8-10-24(22)29-25)26(30)28-21-9-6-16(2)18(4)12-21/h5-14H,1-4H3,(H,28,30). The minimum absolute atomic E-state index is 0.290. The molecule has 0 unspecified atom stereocenters. The Morgan fingerprint density at radius 1 is 0.800 bits per heavy atom. The van der Waals surface area contributed by atoms with E-state index in [0.29, 0.717) is 27.8 Å². The van der Waals surface area contributed by atoms with Crippen LogP contribution in [0.3, 0.4) is 0 Å². The summed E-state index contributed by atoms with van der Waals surface area (Å²) in [7, 11) is 0. The highest BCUT2D eigenvalue weighted by atomic mass is 19.1. The molecule has 0 fully saturated rings. The van der Waals surface area contributed by atoms with E-state index in [-0.39, 0.29) is 5.91 Å². The molecule has 150 valence electrons. The second kappa shape index (κ2) is 7.71. The number of pyridine rings is 1. The first kappa shape index (κ1) is 19.8. The van der Waals surface area contributed by atoms with Gasteiger partial charge >= 0.3 is 0 Å². The van der Waals surface area contributed by atoms with Crippen molar-refractivity contribution in [3.05, 3.63) is 94.3 Å². The fourth-order valence-corrected chi connectivity index (χ4v) is 3.45. The van der Waals surface area contributed by atoms with E-state index in [2.05, 4.69) is 23.3 Å². The summed E-state index contributed by atoms with van der Waals surface area (Å²) in [6.45, 7) is 8.12. The topological polar surface area (TPSA) is 42.0 Å². The summed E-state index contributed by atoms with van der Waals surface area (Å²) < 4.78 is 14.0. The van der Waals surface area contributed by atoms with Gasteiger partial charge in [-0.25, -0.2) is 9.37 Å². The molecule has 1 N–H and O–H groups in total. The Kier molecular flexibility index (Phi) is 5.08. The average molecular weight is 398 g/mol. The van der Waals surface area contributed by atoms with E-state index in [1.165, 1.54) is 17.7 Å². The van der Waals surface area contributed by atoms with Crippen LogP contribution in [0.15, 0.2) is 60.7 Å². The Morgan fingerprint density at radius 3 is 2.20 bits per heavy atom. The number of fused-ring (bicyclic) bond motifs is 1. The zero-order chi connectivity index (χ0) is 21.4. The van der Waals surface area contributed by atoms with Crippen molar-refractivity contribution in [1.29, 1.82) is 0 Å². The molecule has 0 saturated heterocycles. The molecular weight excluding hydrogens is 375 g/mol. The van der Waals surface area contributed by atoms with Crippen LogP contribution in [-0.2, 0) is 0 Å². The molecule has 0 aliphatic rings. The van der Waals surface area contributed by atoms with E-state index >= 15 is 0 Å². The number of carbonyl (C=O) groups excluding carboxylic acids is 1. The van der Waals surface area contributed by atoms with Crippen molar-refractivity contribution in [2.45, 2.75) is 27.7 Å². The summed E-state index contributed by atoms with van der Waals surface area (Å²) in [6, 6.07) is 17.9. The minimum atomic E-state index is -0.400. The van der Waals surface area contributed by atoms with Crippen molar-refractivity contribution in [3.63, 3.8) is 0 Å². The number of anilines is 1. The number of rotatable bonds is 3. The highest BCUT2D eigenvalue weighted by molar-refractivity contribution is 6.13. The van der Waals surface area contributed by atoms with Crippen LogP contribution in [0, 0.1) is 33.5 Å². The van der Waals surface area contributed by atoms with Gasteiger partial charge in [0, 0.05) is 16.6 Å². The van der Waals surface area contributed by atoms with Crippen LogP contribution >= 0.6 is 0 Å². The summed E-state index contributed by atoms with van der Waals surface area (Å²) in [6.07, 6.45) is 0. The largest absolute Gasteiger partial charge is 0.322 e. The molecule has 0 bridgehead atoms. The number of amides is 1. The summed E-state index contributed by atoms with van der Waals surface area (Å²) >= 11 is 0. The van der Waals surface area contributed by atoms with Gasteiger partial charge in [0.05, 0.1) is 16.8 Å². The number of hydrogen-bond donors (Lipinski definition) is 1. The van der Waals surface area contributed by atoms with Crippen LogP contribution in [0.4, 0.5) is 10.1 Å². The van der Waals surface area contributed by atoms with E-state index in [4.69, 9.17) is 0 Å². The highest BCUT2D eigenvalue weighted by Gasteiger charge is 2.16. The Bertz CT molecular complexity index is 1290. The van der Waals surface area contributed by atoms with Gasteiger partial charge in [0.15, 0.2) is 0 Å². The Balaban J connectivity index is 1.83. The minimum Gasteiger partial charge on any atom is -0.322 e. The van der Waals surface area contributed by atoms with E-state index in [0.717, 1.165) is 22.3 Å². The van der Waals surface area contributed by atoms with Crippen molar-refractivity contribution >= 4 is 22.5 Å². The van der Waals surface area contributed by atoms with Gasteiger partial charge in [-0.3, -0.25) is 4.79 Å². The quantitative estimate of drug-likeness (QED) is 0.426. The zero-order valence-corrected chi connectivity index (χ0v) is 17.5. The van der Waals surface area contributed by atoms with Crippen molar-refractivity contribution in [3.8, 4) is 11.3 Å². The summed E-state index contributed by atoms with van der Waals surface area (Å²) in [5, 5.41) is 3.44. The van der Waals surface area contributed by atoms with E-state index in [9.17, 15) is 9.18 Å². The molecule has 1 heterocycles. The third-order valence-corrected chi connectivity index (χ3v) is 5.58. The maximum Gasteiger partial charge on any atom is 0.256 e. The van der Waals surface area contributed by atoms with Crippen molar-refractivity contribution in [1.82, 2.24) is 4.98 Å². The van der Waals surface area contributed by atoms with Gasteiger partial charge in [0.2, 0.25) is 0 Å². The molecule has 4 heteroatoms. The first-order valence-electron chi connectivity index (χ1n) is 9.88. The molecule has 3 nitrogen and oxygen atoms in total. The lowest BCUT2D eigenvalue weighted by atomic mass is 10.0. The Hall–Kier alpha value is -3.53. The maximum atomic E-state index is 14.0. The number of benzene rings is 3. The number of nitrogens with one attached hydrogen (secondary N) is 1. The second-order valence-electron chi connectivity index (χ2n) is 7.77. The molecule has 0 radical (unpaired) electrons. The molecule has 0 spiro atoms. The van der Waals surface area contributed by atoms with Crippen LogP contribution in [0.5, 0.6) is 0 Å². The van der Waals surface area contributed by atoms with Crippen LogP contribution in [-0.4, -0.2) is 10.9 Å². The molecule has 0 aliphatic heterocycles. The number of nitrogens with zero attached hydrogens (tertiary/aromatic N) is 1. The van der Waals surface area contributed by atoms with Crippen molar-refractivity contribution in [2.24, 2.45) is 0 Å². The van der Waals surface area contributed by atoms with E-state index in [1.807, 2.05) is 51.1 Å². The number of hydrogen-bond acceptors (Lipinski definition) is 2. The van der Waals surface area contributed by atoms with Gasteiger partial charge < -0.3 is 5.32 Å². The molecule has 3 aromatic carbocycles. The van der Waals surface area contributed by atoms with Crippen LogP contribution in [0.2, 0.25) is 0 Å². The van der Waals surface area contributed by atoms with Crippen LogP contribution in [0.1, 0.15) is 32.6 Å². The predicted molar refractivity (Wildman–Crippen MR) is 120 cm³/mol. The summed E-state index contributed by atoms with van der Waals surface area (Å²) in [5.74, 6) is -0.690. The van der Waals surface area contributed by atoms with Gasteiger partial charge in [0.25, 0.3) is 5.91 Å². The van der Waals surface area contributed by atoms with Gasteiger partial charge in [-0.15, -0.1) is 0 Å². The average Bonchev–Trinajstić information content (AvgIpc) is 2.72. The molecule has 0 saturated carbocycles. The van der Waals surface area contributed by atoms with Gasteiger partial charge in [-0.05, 0) is 92.4 Å². The third kappa shape index (κ3) is 3.81. The monoisotopic (exact) mass is 398 g/mol. The van der Waals surface area contributed by atoms with Gasteiger partial charge in [-0.2, -0.15) is 0 Å². The first-order valence-corrected chi connectivity index (χ1v) is 9.88. The molecule has 30 heavy (non-hydrogen) atoms. The molecule has 1 aromatic heterocycles. The normalized spacial score (nSPS) is 11.0. The summed E-state index contributed by atoms with van der Waals surface area (Å²) in [4.78, 5) is 17.9. The third-order valence-electron chi connectivity index (χ3n) is 5.58. The highest BCUT2D eigenvalue weighted by Crippen LogP contribution is 2.28. The van der Waals surface area contributed by atoms with Gasteiger partial charge in [0.1, 0.15) is 5.82 Å². The fraction of sp³-hybridized carbons (Fsp3) is 0.154. The number of halogens is 1. The number of aromatic nitrogens is 1. The Morgan fingerprint density at radius 2 is 1.50 bits per heavy atom. The lowest BCUT2D eigenvalue weighted by Crippen LogP contribution is -2.13. The zero-order valence-electron chi connectivity index (χ0n) is 17.5. The smallest absolute Gasteiger partial charge is 0.256 e. The molecular formula is C26H23FN2O. The molecule has 0 aliphatic carbocycles. The van der Waals surface area contributed by atoms with Crippen molar-refractivity contribution < 1.29 is 9.18 Å². The second-order valence-corrected chi connectivity index (χ2v) is 7.77. The SMILES string of the molecule is Cc1ccc(NC(=O)c2cc(-c3ccc(C)c(C)c3)nc3ccc(F)cc23)cc1C. The number of carbonyl (C=O) groups is 1. The Labute approximate surface area is 175 Å². The molecule has 0 atom stereocenters. The van der Waals surface area contributed by atoms with E-state index < -0.39 is 5.82 Å².